The lowest BCUT2D eigenvalue weighted by atomic mass is 10.1. The number of benzene rings is 1. The topological polar surface area (TPSA) is 55.5 Å². The van der Waals surface area contributed by atoms with Crippen molar-refractivity contribution in [3.05, 3.63) is 33.9 Å². The van der Waals surface area contributed by atoms with Gasteiger partial charge in [0.25, 0.3) is 5.69 Å². The summed E-state index contributed by atoms with van der Waals surface area (Å²) in [6, 6.07) is 4.72. The van der Waals surface area contributed by atoms with Crippen molar-refractivity contribution in [2.24, 2.45) is 4.99 Å². The van der Waals surface area contributed by atoms with Crippen molar-refractivity contribution in [2.45, 2.75) is 6.42 Å². The summed E-state index contributed by atoms with van der Waals surface area (Å²) in [7, 11) is 0. The Labute approximate surface area is 68.7 Å². The third kappa shape index (κ3) is 0.972. The second-order valence-electron chi connectivity index (χ2n) is 2.59. The molecule has 1 aliphatic heterocycles. The van der Waals surface area contributed by atoms with Gasteiger partial charge in [-0.2, -0.15) is 0 Å². The molecule has 0 atom stereocenters. The molecule has 0 radical (unpaired) electrons. The fourth-order valence-electron chi connectivity index (χ4n) is 1.22. The Morgan fingerprint density at radius 1 is 1.50 bits per heavy atom. The number of hydrogen-bond donors (Lipinski definition) is 0. The molecule has 0 spiro atoms. The van der Waals surface area contributed by atoms with E-state index in [9.17, 15) is 10.1 Å². The average Bonchev–Trinajstić information content (AvgIpc) is 2.49. The van der Waals surface area contributed by atoms with Crippen LogP contribution in [0.5, 0.6) is 0 Å². The van der Waals surface area contributed by atoms with Gasteiger partial charge in [0.2, 0.25) is 0 Å². The fraction of sp³-hybridized carbons (Fsp3) is 0.125. The van der Waals surface area contributed by atoms with Gasteiger partial charge in [0.1, 0.15) is 0 Å². The van der Waals surface area contributed by atoms with Gasteiger partial charge in [0.05, 0.1) is 10.6 Å². The minimum absolute atomic E-state index is 0.138. The van der Waals surface area contributed by atoms with Crippen molar-refractivity contribution >= 4 is 17.6 Å². The van der Waals surface area contributed by atoms with E-state index >= 15 is 0 Å². The summed E-state index contributed by atoms with van der Waals surface area (Å²) in [6.45, 7) is 0. The van der Waals surface area contributed by atoms with Gasteiger partial charge in [0.15, 0.2) is 0 Å². The molecule has 1 aliphatic rings. The van der Waals surface area contributed by atoms with Gasteiger partial charge < -0.3 is 0 Å². The van der Waals surface area contributed by atoms with Crippen molar-refractivity contribution in [1.82, 2.24) is 0 Å². The van der Waals surface area contributed by atoms with Crippen LogP contribution in [0.4, 0.5) is 11.4 Å². The predicted molar refractivity (Wildman–Crippen MR) is 45.0 cm³/mol. The van der Waals surface area contributed by atoms with Crippen LogP contribution in [0.3, 0.4) is 0 Å². The molecule has 0 fully saturated rings. The zero-order chi connectivity index (χ0) is 8.55. The normalized spacial score (nSPS) is 13.0. The lowest BCUT2D eigenvalue weighted by Gasteiger charge is -1.95. The second-order valence-corrected chi connectivity index (χ2v) is 2.59. The maximum absolute atomic E-state index is 10.4. The van der Waals surface area contributed by atoms with Crippen LogP contribution in [0.25, 0.3) is 0 Å². The number of hydrogen-bond acceptors (Lipinski definition) is 3. The number of rotatable bonds is 1. The Bertz CT molecular complexity index is 371. The number of aliphatic imine (C=N–C) groups is 1. The molecule has 2 rings (SSSR count). The Morgan fingerprint density at radius 3 is 3.08 bits per heavy atom. The maximum Gasteiger partial charge on any atom is 0.269 e. The largest absolute Gasteiger partial charge is 0.269 e. The molecule has 12 heavy (non-hydrogen) atoms. The number of nitrogens with zero attached hydrogens (tertiary/aromatic N) is 2. The summed E-state index contributed by atoms with van der Waals surface area (Å²) in [6.07, 6.45) is 2.46. The lowest BCUT2D eigenvalue weighted by molar-refractivity contribution is -0.384. The summed E-state index contributed by atoms with van der Waals surface area (Å²) >= 11 is 0. The summed E-state index contributed by atoms with van der Waals surface area (Å²) < 4.78 is 0. The highest BCUT2D eigenvalue weighted by Gasteiger charge is 2.11. The minimum atomic E-state index is -0.390. The van der Waals surface area contributed by atoms with Gasteiger partial charge in [-0.15, -0.1) is 0 Å². The molecular weight excluding hydrogens is 156 g/mol. The molecule has 1 heterocycles. The number of nitro groups is 1. The molecule has 0 N–H and O–H groups in total. The molecule has 4 nitrogen and oxygen atoms in total. The summed E-state index contributed by atoms with van der Waals surface area (Å²) in [5.74, 6) is 0. The lowest BCUT2D eigenvalue weighted by Crippen LogP contribution is -1.88. The monoisotopic (exact) mass is 162 g/mol. The fourth-order valence-corrected chi connectivity index (χ4v) is 1.22. The molecule has 0 saturated carbocycles. The number of non-ortho nitro benzene ring substituents is 1. The third-order valence-corrected chi connectivity index (χ3v) is 1.82. The highest BCUT2D eigenvalue weighted by atomic mass is 16.6. The van der Waals surface area contributed by atoms with Crippen molar-refractivity contribution in [2.75, 3.05) is 0 Å². The van der Waals surface area contributed by atoms with Crippen LogP contribution in [-0.2, 0) is 6.42 Å². The van der Waals surface area contributed by atoms with E-state index in [0.717, 1.165) is 11.3 Å². The minimum Gasteiger partial charge on any atom is -0.261 e. The van der Waals surface area contributed by atoms with Crippen LogP contribution in [0.2, 0.25) is 0 Å². The van der Waals surface area contributed by atoms with Crippen LogP contribution in [0, 0.1) is 10.1 Å². The quantitative estimate of drug-likeness (QED) is 0.467. The number of fused-ring (bicyclic) bond motifs is 1. The number of nitro benzene ring substituents is 1. The van der Waals surface area contributed by atoms with E-state index in [1.165, 1.54) is 6.07 Å². The zero-order valence-electron chi connectivity index (χ0n) is 6.23. The van der Waals surface area contributed by atoms with E-state index in [1.807, 2.05) is 0 Å². The van der Waals surface area contributed by atoms with Crippen LogP contribution in [0.15, 0.2) is 23.2 Å². The van der Waals surface area contributed by atoms with Crippen LogP contribution in [0.1, 0.15) is 5.56 Å². The van der Waals surface area contributed by atoms with Crippen molar-refractivity contribution < 1.29 is 4.92 Å². The van der Waals surface area contributed by atoms with Gasteiger partial charge in [0, 0.05) is 24.8 Å². The first kappa shape index (κ1) is 6.97. The first-order valence-electron chi connectivity index (χ1n) is 3.57. The first-order valence-corrected chi connectivity index (χ1v) is 3.57. The van der Waals surface area contributed by atoms with Crippen LogP contribution >= 0.6 is 0 Å². The Kier molecular flexibility index (Phi) is 1.40. The molecular formula is C8H6N2O2. The zero-order valence-corrected chi connectivity index (χ0v) is 6.23. The second kappa shape index (κ2) is 2.41. The smallest absolute Gasteiger partial charge is 0.261 e. The molecule has 0 unspecified atom stereocenters. The molecule has 1 aromatic carbocycles. The molecule has 0 amide bonds. The Balaban J connectivity index is 2.49. The van der Waals surface area contributed by atoms with Gasteiger partial charge in [-0.05, 0) is 11.6 Å². The Hall–Kier alpha value is -1.71. The highest BCUT2D eigenvalue weighted by molar-refractivity contribution is 5.76. The van der Waals surface area contributed by atoms with E-state index in [2.05, 4.69) is 4.99 Å². The van der Waals surface area contributed by atoms with Crippen LogP contribution in [-0.4, -0.2) is 11.1 Å². The van der Waals surface area contributed by atoms with Crippen molar-refractivity contribution in [3.8, 4) is 0 Å². The third-order valence-electron chi connectivity index (χ3n) is 1.82. The van der Waals surface area contributed by atoms with E-state index in [0.29, 0.717) is 6.42 Å². The molecule has 0 saturated heterocycles. The molecule has 0 bridgehead atoms. The predicted octanol–water partition coefficient (Wildman–Crippen LogP) is 1.85. The van der Waals surface area contributed by atoms with Gasteiger partial charge in [-0.25, -0.2) is 0 Å². The molecule has 0 aliphatic carbocycles. The van der Waals surface area contributed by atoms with Gasteiger partial charge in [-0.3, -0.25) is 15.1 Å². The molecule has 4 heteroatoms. The van der Waals surface area contributed by atoms with Crippen molar-refractivity contribution in [1.29, 1.82) is 0 Å². The maximum atomic E-state index is 10.4. The molecule has 1 aromatic rings. The average molecular weight is 162 g/mol. The van der Waals surface area contributed by atoms with Crippen molar-refractivity contribution in [3.63, 3.8) is 0 Å². The van der Waals surface area contributed by atoms with E-state index in [4.69, 9.17) is 0 Å². The molecule has 0 aromatic heterocycles. The van der Waals surface area contributed by atoms with E-state index in [-0.39, 0.29) is 5.69 Å². The highest BCUT2D eigenvalue weighted by Crippen LogP contribution is 2.27. The van der Waals surface area contributed by atoms with E-state index < -0.39 is 4.92 Å². The Morgan fingerprint density at radius 2 is 2.33 bits per heavy atom. The SMILES string of the molecule is O=[N+]([O-])c1ccc2c(c1)CC=N2. The van der Waals surface area contributed by atoms with Gasteiger partial charge >= 0.3 is 0 Å². The standard InChI is InChI=1S/C8H6N2O2/c11-10(12)7-1-2-8-6(5-7)3-4-9-8/h1-2,4-5H,3H2. The first-order chi connectivity index (χ1) is 5.77. The summed E-state index contributed by atoms with van der Waals surface area (Å²) in [4.78, 5) is 14.0. The van der Waals surface area contributed by atoms with Gasteiger partial charge in [-0.1, -0.05) is 0 Å². The van der Waals surface area contributed by atoms with Crippen LogP contribution < -0.4 is 0 Å². The summed E-state index contributed by atoms with van der Waals surface area (Å²) in [5, 5.41) is 10.4. The molecule has 60 valence electrons. The van der Waals surface area contributed by atoms with E-state index in [1.54, 1.807) is 18.3 Å². The summed E-state index contributed by atoms with van der Waals surface area (Å²) in [5.41, 5.74) is 1.92.